The van der Waals surface area contributed by atoms with Gasteiger partial charge in [-0.2, -0.15) is 0 Å². The van der Waals surface area contributed by atoms with Gasteiger partial charge in [0.25, 0.3) is 0 Å². The zero-order chi connectivity index (χ0) is 16.5. The molecule has 0 saturated heterocycles. The maximum absolute atomic E-state index is 13.0. The van der Waals surface area contributed by atoms with Gasteiger partial charge in [-0.3, -0.25) is 9.59 Å². The number of nitrogens with zero attached hydrogens (tertiary/aromatic N) is 1. The lowest BCUT2D eigenvalue weighted by Crippen LogP contribution is -2.48. The average molecular weight is 306 g/mol. The summed E-state index contributed by atoms with van der Waals surface area (Å²) in [6, 6.07) is 6.05. The Morgan fingerprint density at radius 1 is 1.23 bits per heavy atom. The van der Waals surface area contributed by atoms with E-state index in [9.17, 15) is 14.0 Å². The molecule has 1 saturated carbocycles. The highest BCUT2D eigenvalue weighted by atomic mass is 19.1. The molecular weight excluding hydrogens is 283 g/mol. The van der Waals surface area contributed by atoms with Crippen molar-refractivity contribution < 1.29 is 14.0 Å². The highest BCUT2D eigenvalue weighted by Crippen LogP contribution is 2.49. The Morgan fingerprint density at radius 2 is 1.77 bits per heavy atom. The van der Waals surface area contributed by atoms with E-state index in [2.05, 4.69) is 5.32 Å². The van der Waals surface area contributed by atoms with Crippen LogP contribution >= 0.6 is 0 Å². The Balaban J connectivity index is 2.04. The first-order valence-electron chi connectivity index (χ1n) is 7.47. The summed E-state index contributed by atoms with van der Waals surface area (Å²) < 4.78 is 13.0. The molecule has 0 aliphatic heterocycles. The van der Waals surface area contributed by atoms with Crippen molar-refractivity contribution in [3.05, 3.63) is 35.6 Å². The van der Waals surface area contributed by atoms with Crippen LogP contribution in [-0.4, -0.2) is 35.8 Å². The first-order valence-corrected chi connectivity index (χ1v) is 7.47. The SMILES string of the molecule is CN(CC(=O)NC(C)(C)C)C(=O)C1(c2ccc(F)cc2)CC1. The summed E-state index contributed by atoms with van der Waals surface area (Å²) in [5.41, 5.74) is -0.0818. The summed E-state index contributed by atoms with van der Waals surface area (Å²) in [4.78, 5) is 26.1. The van der Waals surface area contributed by atoms with E-state index < -0.39 is 5.41 Å². The molecule has 1 aromatic carbocycles. The van der Waals surface area contributed by atoms with Crippen molar-refractivity contribution in [1.82, 2.24) is 10.2 Å². The van der Waals surface area contributed by atoms with Crippen LogP contribution in [0, 0.1) is 5.82 Å². The van der Waals surface area contributed by atoms with E-state index in [1.807, 2.05) is 20.8 Å². The second-order valence-corrected chi connectivity index (χ2v) is 7.05. The van der Waals surface area contributed by atoms with E-state index >= 15 is 0 Å². The number of hydrogen-bond donors (Lipinski definition) is 1. The van der Waals surface area contributed by atoms with Gasteiger partial charge in [-0.05, 0) is 51.3 Å². The van der Waals surface area contributed by atoms with Crippen molar-refractivity contribution in [3.8, 4) is 0 Å². The molecule has 0 radical (unpaired) electrons. The molecule has 0 atom stereocenters. The molecule has 1 aliphatic rings. The molecular formula is C17H23FN2O2. The number of amides is 2. The zero-order valence-electron chi connectivity index (χ0n) is 13.6. The maximum atomic E-state index is 13.0. The van der Waals surface area contributed by atoms with Crippen LogP contribution in [0.4, 0.5) is 4.39 Å². The molecule has 5 heteroatoms. The number of benzene rings is 1. The lowest BCUT2D eigenvalue weighted by atomic mass is 9.94. The Hall–Kier alpha value is -1.91. The van der Waals surface area contributed by atoms with Gasteiger partial charge < -0.3 is 10.2 Å². The molecule has 120 valence electrons. The van der Waals surface area contributed by atoms with E-state index in [0.717, 1.165) is 18.4 Å². The number of carbonyl (C=O) groups excluding carboxylic acids is 2. The van der Waals surface area contributed by atoms with Gasteiger partial charge in [0, 0.05) is 12.6 Å². The Kier molecular flexibility index (Phi) is 4.27. The van der Waals surface area contributed by atoms with Gasteiger partial charge in [0.2, 0.25) is 11.8 Å². The predicted octanol–water partition coefficient (Wildman–Crippen LogP) is 2.23. The van der Waals surface area contributed by atoms with Gasteiger partial charge in [0.15, 0.2) is 0 Å². The van der Waals surface area contributed by atoms with Crippen molar-refractivity contribution >= 4 is 11.8 Å². The largest absolute Gasteiger partial charge is 0.350 e. The van der Waals surface area contributed by atoms with E-state index in [-0.39, 0.29) is 29.7 Å². The van der Waals surface area contributed by atoms with Crippen molar-refractivity contribution in [3.63, 3.8) is 0 Å². The molecule has 4 nitrogen and oxygen atoms in total. The van der Waals surface area contributed by atoms with Crippen LogP contribution in [0.5, 0.6) is 0 Å². The summed E-state index contributed by atoms with van der Waals surface area (Å²) in [5.74, 6) is -0.577. The van der Waals surface area contributed by atoms with E-state index in [1.54, 1.807) is 19.2 Å². The molecule has 1 N–H and O–H groups in total. The zero-order valence-corrected chi connectivity index (χ0v) is 13.6. The number of carbonyl (C=O) groups is 2. The lowest BCUT2D eigenvalue weighted by Gasteiger charge is -2.26. The van der Waals surface area contributed by atoms with Gasteiger partial charge in [-0.15, -0.1) is 0 Å². The quantitative estimate of drug-likeness (QED) is 0.927. The number of nitrogens with one attached hydrogen (secondary N) is 1. The minimum absolute atomic E-state index is 0.0268. The molecule has 1 aliphatic carbocycles. The van der Waals surface area contributed by atoms with Crippen LogP contribution in [0.25, 0.3) is 0 Å². The highest BCUT2D eigenvalue weighted by Gasteiger charge is 2.52. The topological polar surface area (TPSA) is 49.4 Å². The number of hydrogen-bond acceptors (Lipinski definition) is 2. The summed E-state index contributed by atoms with van der Waals surface area (Å²) in [6.45, 7) is 5.72. The molecule has 0 spiro atoms. The maximum Gasteiger partial charge on any atom is 0.240 e. The molecule has 0 unspecified atom stereocenters. The Bertz CT molecular complexity index is 571. The lowest BCUT2D eigenvalue weighted by molar-refractivity contribution is -0.137. The fourth-order valence-electron chi connectivity index (χ4n) is 2.63. The van der Waals surface area contributed by atoms with Gasteiger partial charge in [-0.25, -0.2) is 4.39 Å². The number of halogens is 1. The monoisotopic (exact) mass is 306 g/mol. The second-order valence-electron chi connectivity index (χ2n) is 7.05. The molecule has 2 amide bonds. The molecule has 22 heavy (non-hydrogen) atoms. The number of likely N-dealkylation sites (N-methyl/N-ethyl adjacent to an activating group) is 1. The summed E-state index contributed by atoms with van der Waals surface area (Å²) in [6.07, 6.45) is 1.48. The van der Waals surface area contributed by atoms with Crippen molar-refractivity contribution in [2.75, 3.05) is 13.6 Å². The van der Waals surface area contributed by atoms with Crippen molar-refractivity contribution in [2.45, 2.75) is 44.6 Å². The molecule has 2 rings (SSSR count). The summed E-state index contributed by atoms with van der Waals surface area (Å²) in [7, 11) is 1.63. The van der Waals surface area contributed by atoms with Crippen LogP contribution in [0.2, 0.25) is 0 Å². The van der Waals surface area contributed by atoms with Crippen molar-refractivity contribution in [1.29, 1.82) is 0 Å². The fraction of sp³-hybridized carbons (Fsp3) is 0.529. The Morgan fingerprint density at radius 3 is 2.23 bits per heavy atom. The molecule has 1 aromatic rings. The standard InChI is InChI=1S/C17H23FN2O2/c1-16(2,3)19-14(21)11-20(4)15(22)17(9-10-17)12-5-7-13(18)8-6-12/h5-8H,9-11H2,1-4H3,(H,19,21). The molecule has 1 fully saturated rings. The third-order valence-electron chi connectivity index (χ3n) is 3.80. The normalized spacial score (nSPS) is 16.0. The second kappa shape index (κ2) is 5.71. The third-order valence-corrected chi connectivity index (χ3v) is 3.80. The molecule has 0 aromatic heterocycles. The number of rotatable bonds is 4. The first kappa shape index (κ1) is 16.5. The van der Waals surface area contributed by atoms with E-state index in [4.69, 9.17) is 0 Å². The van der Waals surface area contributed by atoms with Crippen LogP contribution < -0.4 is 5.32 Å². The van der Waals surface area contributed by atoms with E-state index in [1.165, 1.54) is 17.0 Å². The minimum atomic E-state index is -0.579. The molecule has 0 bridgehead atoms. The van der Waals surface area contributed by atoms with Gasteiger partial charge in [0.1, 0.15) is 5.82 Å². The minimum Gasteiger partial charge on any atom is -0.350 e. The Labute approximate surface area is 130 Å². The van der Waals surface area contributed by atoms with Gasteiger partial charge >= 0.3 is 0 Å². The predicted molar refractivity (Wildman–Crippen MR) is 82.8 cm³/mol. The van der Waals surface area contributed by atoms with Crippen LogP contribution in [-0.2, 0) is 15.0 Å². The molecule has 0 heterocycles. The van der Waals surface area contributed by atoms with Crippen LogP contribution in [0.3, 0.4) is 0 Å². The van der Waals surface area contributed by atoms with Crippen LogP contribution in [0.15, 0.2) is 24.3 Å². The summed E-state index contributed by atoms with van der Waals surface area (Å²) in [5, 5.41) is 2.84. The van der Waals surface area contributed by atoms with Gasteiger partial charge in [0.05, 0.1) is 12.0 Å². The van der Waals surface area contributed by atoms with Crippen LogP contribution in [0.1, 0.15) is 39.2 Å². The highest BCUT2D eigenvalue weighted by molar-refractivity contribution is 5.93. The van der Waals surface area contributed by atoms with Crippen molar-refractivity contribution in [2.24, 2.45) is 0 Å². The fourth-order valence-corrected chi connectivity index (χ4v) is 2.63. The summed E-state index contributed by atoms with van der Waals surface area (Å²) >= 11 is 0. The first-order chi connectivity index (χ1) is 10.1. The average Bonchev–Trinajstić information content (AvgIpc) is 3.17. The third kappa shape index (κ3) is 3.64. The van der Waals surface area contributed by atoms with E-state index in [0.29, 0.717) is 0 Å². The van der Waals surface area contributed by atoms with Gasteiger partial charge in [-0.1, -0.05) is 12.1 Å². The smallest absolute Gasteiger partial charge is 0.240 e.